The fourth-order valence-electron chi connectivity index (χ4n) is 2.57. The van der Waals surface area contributed by atoms with Gasteiger partial charge in [-0.05, 0) is 24.3 Å². The van der Waals surface area contributed by atoms with Gasteiger partial charge in [0.15, 0.2) is 11.4 Å². The van der Waals surface area contributed by atoms with Crippen LogP contribution in [0.3, 0.4) is 0 Å². The molecular formula is C17H11N3O3. The Morgan fingerprint density at radius 1 is 0.870 bits per heavy atom. The van der Waals surface area contributed by atoms with Crippen molar-refractivity contribution >= 4 is 28.5 Å². The second-order valence-corrected chi connectivity index (χ2v) is 5.06. The third kappa shape index (κ3) is 1.96. The standard InChI is InChI=1S/C17H11N3O3/c1-23-11-7-8-12-13(9-11)19-15-14(18-12)16(21)20(17(15)22)10-5-3-2-4-6-10/h2-9H,1H3. The number of hydrogen-bond donors (Lipinski definition) is 0. The molecule has 112 valence electrons. The smallest absolute Gasteiger partial charge is 0.286 e. The SMILES string of the molecule is COc1ccc2nc3c(nc2c1)C(=O)N(c1ccccc1)C3=O. The zero-order valence-electron chi connectivity index (χ0n) is 12.2. The van der Waals surface area contributed by atoms with Crippen LogP contribution in [0.4, 0.5) is 5.69 Å². The summed E-state index contributed by atoms with van der Waals surface area (Å²) < 4.78 is 5.15. The van der Waals surface area contributed by atoms with E-state index >= 15 is 0 Å². The fraction of sp³-hybridized carbons (Fsp3) is 0.0588. The number of amides is 2. The van der Waals surface area contributed by atoms with Gasteiger partial charge in [-0.3, -0.25) is 9.59 Å². The molecule has 0 aliphatic carbocycles. The number of fused-ring (bicyclic) bond motifs is 2. The van der Waals surface area contributed by atoms with Gasteiger partial charge in [0.05, 0.1) is 23.8 Å². The second kappa shape index (κ2) is 4.88. The average Bonchev–Trinajstić information content (AvgIpc) is 2.84. The highest BCUT2D eigenvalue weighted by Crippen LogP contribution is 2.28. The van der Waals surface area contributed by atoms with Crippen LogP contribution in [-0.4, -0.2) is 28.9 Å². The van der Waals surface area contributed by atoms with Crippen LogP contribution in [-0.2, 0) is 0 Å². The number of aromatic nitrogens is 2. The highest BCUT2D eigenvalue weighted by Gasteiger charge is 2.39. The lowest BCUT2D eigenvalue weighted by molar-refractivity contribution is 0.0923. The van der Waals surface area contributed by atoms with E-state index in [2.05, 4.69) is 9.97 Å². The van der Waals surface area contributed by atoms with Crippen molar-refractivity contribution in [2.45, 2.75) is 0 Å². The van der Waals surface area contributed by atoms with Gasteiger partial charge in [-0.15, -0.1) is 0 Å². The topological polar surface area (TPSA) is 72.4 Å². The largest absolute Gasteiger partial charge is 0.497 e. The Kier molecular flexibility index (Phi) is 2.84. The van der Waals surface area contributed by atoms with Crippen molar-refractivity contribution in [1.82, 2.24) is 9.97 Å². The van der Waals surface area contributed by atoms with Crippen molar-refractivity contribution in [3.8, 4) is 5.75 Å². The lowest BCUT2D eigenvalue weighted by Crippen LogP contribution is -2.29. The van der Waals surface area contributed by atoms with Gasteiger partial charge in [0.1, 0.15) is 5.75 Å². The first-order chi connectivity index (χ1) is 11.2. The van der Waals surface area contributed by atoms with Crippen molar-refractivity contribution in [2.24, 2.45) is 0 Å². The van der Waals surface area contributed by atoms with E-state index in [0.717, 1.165) is 4.90 Å². The Morgan fingerprint density at radius 2 is 1.52 bits per heavy atom. The maximum Gasteiger partial charge on any atom is 0.286 e. The van der Waals surface area contributed by atoms with E-state index in [9.17, 15) is 9.59 Å². The predicted octanol–water partition coefficient (Wildman–Crippen LogP) is 2.44. The summed E-state index contributed by atoms with van der Waals surface area (Å²) in [4.78, 5) is 34.9. The van der Waals surface area contributed by atoms with Crippen LogP contribution in [0.1, 0.15) is 21.0 Å². The van der Waals surface area contributed by atoms with E-state index in [1.54, 1.807) is 49.6 Å². The molecular weight excluding hydrogens is 294 g/mol. The van der Waals surface area contributed by atoms with E-state index in [0.29, 0.717) is 22.5 Å². The summed E-state index contributed by atoms with van der Waals surface area (Å²) in [5.41, 5.74) is 1.71. The molecule has 0 N–H and O–H groups in total. The number of anilines is 1. The Hall–Kier alpha value is -3.28. The van der Waals surface area contributed by atoms with Gasteiger partial charge >= 0.3 is 0 Å². The van der Waals surface area contributed by atoms with E-state index in [4.69, 9.17) is 4.74 Å². The molecule has 2 aromatic carbocycles. The molecule has 1 aliphatic heterocycles. The highest BCUT2D eigenvalue weighted by molar-refractivity contribution is 6.33. The number of carbonyl (C=O) groups excluding carboxylic acids is 2. The Morgan fingerprint density at radius 3 is 2.17 bits per heavy atom. The summed E-state index contributed by atoms with van der Waals surface area (Å²) in [5, 5.41) is 0. The number of benzene rings is 2. The summed E-state index contributed by atoms with van der Waals surface area (Å²) in [5.74, 6) is -0.307. The molecule has 6 nitrogen and oxygen atoms in total. The van der Waals surface area contributed by atoms with Crippen LogP contribution >= 0.6 is 0 Å². The van der Waals surface area contributed by atoms with Crippen LogP contribution in [0, 0.1) is 0 Å². The monoisotopic (exact) mass is 305 g/mol. The van der Waals surface area contributed by atoms with Crippen LogP contribution in [0.25, 0.3) is 11.0 Å². The third-order valence-corrected chi connectivity index (χ3v) is 3.70. The molecule has 1 aromatic heterocycles. The molecule has 0 saturated heterocycles. The number of methoxy groups -OCH3 is 1. The van der Waals surface area contributed by atoms with Gasteiger partial charge in [0, 0.05) is 6.07 Å². The number of imide groups is 1. The van der Waals surface area contributed by atoms with E-state index in [1.807, 2.05) is 6.07 Å². The molecule has 0 fully saturated rings. The second-order valence-electron chi connectivity index (χ2n) is 5.06. The van der Waals surface area contributed by atoms with Crippen molar-refractivity contribution in [3.63, 3.8) is 0 Å². The third-order valence-electron chi connectivity index (χ3n) is 3.70. The molecule has 0 bridgehead atoms. The fourth-order valence-corrected chi connectivity index (χ4v) is 2.57. The van der Waals surface area contributed by atoms with Crippen molar-refractivity contribution in [3.05, 3.63) is 59.9 Å². The minimum absolute atomic E-state index is 0.0691. The summed E-state index contributed by atoms with van der Waals surface area (Å²) in [7, 11) is 1.55. The first-order valence-corrected chi connectivity index (χ1v) is 6.98. The van der Waals surface area contributed by atoms with E-state index in [-0.39, 0.29) is 11.4 Å². The molecule has 4 rings (SSSR count). The first-order valence-electron chi connectivity index (χ1n) is 6.98. The lowest BCUT2D eigenvalue weighted by Gasteiger charge is -2.12. The van der Waals surface area contributed by atoms with Crippen LogP contribution in [0.15, 0.2) is 48.5 Å². The number of carbonyl (C=O) groups is 2. The molecule has 6 heteroatoms. The molecule has 0 radical (unpaired) electrons. The molecule has 23 heavy (non-hydrogen) atoms. The molecule has 3 aromatic rings. The number of nitrogens with zero attached hydrogens (tertiary/aromatic N) is 3. The average molecular weight is 305 g/mol. The van der Waals surface area contributed by atoms with Crippen molar-refractivity contribution in [1.29, 1.82) is 0 Å². The van der Waals surface area contributed by atoms with Crippen molar-refractivity contribution < 1.29 is 14.3 Å². The molecule has 0 unspecified atom stereocenters. The Balaban J connectivity index is 1.89. The van der Waals surface area contributed by atoms with Gasteiger partial charge in [-0.2, -0.15) is 0 Å². The van der Waals surface area contributed by atoms with Crippen molar-refractivity contribution in [2.75, 3.05) is 12.0 Å². The van der Waals surface area contributed by atoms with Gasteiger partial charge < -0.3 is 4.74 Å². The zero-order chi connectivity index (χ0) is 16.0. The minimum atomic E-state index is -0.464. The van der Waals surface area contributed by atoms with Gasteiger partial charge in [-0.1, -0.05) is 18.2 Å². The number of hydrogen-bond acceptors (Lipinski definition) is 5. The first kappa shape index (κ1) is 13.4. The normalized spacial score (nSPS) is 13.5. The summed E-state index contributed by atoms with van der Waals surface area (Å²) in [6.07, 6.45) is 0. The summed E-state index contributed by atoms with van der Waals surface area (Å²) in [6.45, 7) is 0. The predicted molar refractivity (Wildman–Crippen MR) is 83.7 cm³/mol. The Bertz CT molecular complexity index is 954. The number of ether oxygens (including phenoxy) is 1. The molecule has 1 aliphatic rings. The molecule has 2 amide bonds. The summed E-state index contributed by atoms with van der Waals surface area (Å²) in [6, 6.07) is 13.9. The molecule has 0 spiro atoms. The van der Waals surface area contributed by atoms with Gasteiger partial charge in [-0.25, -0.2) is 14.9 Å². The van der Waals surface area contributed by atoms with Crippen LogP contribution in [0.2, 0.25) is 0 Å². The number of rotatable bonds is 2. The quantitative estimate of drug-likeness (QED) is 0.680. The van der Waals surface area contributed by atoms with Crippen LogP contribution in [0.5, 0.6) is 5.75 Å². The number of para-hydroxylation sites is 1. The van der Waals surface area contributed by atoms with E-state index in [1.165, 1.54) is 0 Å². The van der Waals surface area contributed by atoms with Gasteiger partial charge in [0.25, 0.3) is 11.8 Å². The maximum atomic E-state index is 12.6. The maximum absolute atomic E-state index is 12.6. The Labute approximate surface area is 131 Å². The molecule has 0 saturated carbocycles. The lowest BCUT2D eigenvalue weighted by atomic mass is 10.2. The highest BCUT2D eigenvalue weighted by atomic mass is 16.5. The molecule has 2 heterocycles. The van der Waals surface area contributed by atoms with E-state index < -0.39 is 11.8 Å². The van der Waals surface area contributed by atoms with Crippen LogP contribution < -0.4 is 9.64 Å². The van der Waals surface area contributed by atoms with Gasteiger partial charge in [0.2, 0.25) is 0 Å². The zero-order valence-corrected chi connectivity index (χ0v) is 12.2. The minimum Gasteiger partial charge on any atom is -0.497 e. The molecule has 0 atom stereocenters. The summed E-state index contributed by atoms with van der Waals surface area (Å²) >= 11 is 0.